The lowest BCUT2D eigenvalue weighted by Gasteiger charge is -2.37. The summed E-state index contributed by atoms with van der Waals surface area (Å²) < 4.78 is 5.63. The quantitative estimate of drug-likeness (QED) is 0.445. The van der Waals surface area contributed by atoms with Crippen LogP contribution >= 0.6 is 0 Å². The Morgan fingerprint density at radius 1 is 0.950 bits per heavy atom. The van der Waals surface area contributed by atoms with E-state index in [1.54, 1.807) is 0 Å². The maximum Gasteiger partial charge on any atom is 0.0901 e. The molecule has 0 aromatic carbocycles. The minimum atomic E-state index is 0.803. The van der Waals surface area contributed by atoms with Crippen LogP contribution in [0.1, 0.15) is 64.7 Å². The smallest absolute Gasteiger partial charge is 0.0901 e. The lowest BCUT2D eigenvalue weighted by molar-refractivity contribution is 0.113. The fourth-order valence-corrected chi connectivity index (χ4v) is 4.03. The topological polar surface area (TPSA) is 9.23 Å². The third-order valence-corrected chi connectivity index (χ3v) is 5.47. The molecule has 0 radical (unpaired) electrons. The normalized spacial score (nSPS) is 35.0. The summed E-state index contributed by atoms with van der Waals surface area (Å²) in [7, 11) is 0. The molecule has 114 valence electrons. The van der Waals surface area contributed by atoms with E-state index in [-0.39, 0.29) is 0 Å². The first kappa shape index (κ1) is 15.7. The predicted molar refractivity (Wildman–Crippen MR) is 86.5 cm³/mol. The van der Waals surface area contributed by atoms with Crippen molar-refractivity contribution in [2.45, 2.75) is 64.7 Å². The lowest BCUT2D eigenvalue weighted by Crippen LogP contribution is -2.26. The fraction of sp³-hybridized carbons (Fsp3) is 0.789. The molecule has 20 heavy (non-hydrogen) atoms. The Bertz CT molecular complexity index is 291. The highest BCUT2D eigenvalue weighted by Crippen LogP contribution is 2.41. The zero-order valence-corrected chi connectivity index (χ0v) is 13.2. The number of hydrogen-bond donors (Lipinski definition) is 0. The van der Waals surface area contributed by atoms with Crippen LogP contribution < -0.4 is 0 Å². The van der Waals surface area contributed by atoms with Gasteiger partial charge in [-0.2, -0.15) is 0 Å². The third kappa shape index (κ3) is 4.68. The Morgan fingerprint density at radius 3 is 2.10 bits per heavy atom. The molecule has 1 nitrogen and oxygen atoms in total. The summed E-state index contributed by atoms with van der Waals surface area (Å²) >= 11 is 0. The average molecular weight is 276 g/mol. The first-order valence-corrected chi connectivity index (χ1v) is 8.72. The molecule has 2 aliphatic carbocycles. The van der Waals surface area contributed by atoms with Crippen LogP contribution in [0.5, 0.6) is 0 Å². The fourth-order valence-electron chi connectivity index (χ4n) is 4.03. The number of allylic oxidation sites excluding steroid dienone is 2. The summed E-state index contributed by atoms with van der Waals surface area (Å²) in [6, 6.07) is 0. The van der Waals surface area contributed by atoms with Crippen LogP contribution in [0.15, 0.2) is 25.0 Å². The van der Waals surface area contributed by atoms with E-state index in [9.17, 15) is 0 Å². The van der Waals surface area contributed by atoms with E-state index in [4.69, 9.17) is 4.74 Å². The molecule has 2 aliphatic rings. The minimum absolute atomic E-state index is 0.803. The van der Waals surface area contributed by atoms with Crippen molar-refractivity contribution in [3.05, 3.63) is 25.0 Å². The van der Waals surface area contributed by atoms with Crippen LogP contribution in [0, 0.1) is 23.7 Å². The maximum absolute atomic E-state index is 5.63. The monoisotopic (exact) mass is 276 g/mol. The van der Waals surface area contributed by atoms with Crippen molar-refractivity contribution in [2.75, 3.05) is 6.61 Å². The van der Waals surface area contributed by atoms with Crippen LogP contribution in [0.25, 0.3) is 0 Å². The van der Waals surface area contributed by atoms with Crippen LogP contribution in [-0.2, 0) is 4.74 Å². The second kappa shape index (κ2) is 8.54. The van der Waals surface area contributed by atoms with E-state index in [1.807, 2.05) is 6.26 Å². The SMILES string of the molecule is C=C[C@H]1CC[C@H]([C@H]2CC[C@H](COC=CCC)CC2)CC1. The molecule has 0 heterocycles. The standard InChI is InChI=1S/C19H32O/c1-3-5-14-20-15-17-8-12-19(13-9-17)18-10-6-16(4-2)7-11-18/h4-5,14,16-19H,2-3,6-13,15H2,1H3/t16-,17-,18-,19-. The van der Waals surface area contributed by atoms with Crippen molar-refractivity contribution >= 4 is 0 Å². The van der Waals surface area contributed by atoms with Gasteiger partial charge in [-0.15, -0.1) is 6.58 Å². The summed E-state index contributed by atoms with van der Waals surface area (Å²) in [5.41, 5.74) is 0. The predicted octanol–water partition coefficient (Wildman–Crippen LogP) is 5.73. The summed E-state index contributed by atoms with van der Waals surface area (Å²) in [4.78, 5) is 0. The van der Waals surface area contributed by atoms with E-state index in [2.05, 4.69) is 25.7 Å². The molecule has 0 spiro atoms. The van der Waals surface area contributed by atoms with Gasteiger partial charge in [0.05, 0.1) is 12.9 Å². The van der Waals surface area contributed by atoms with Gasteiger partial charge in [0.1, 0.15) is 0 Å². The van der Waals surface area contributed by atoms with Crippen molar-refractivity contribution in [1.29, 1.82) is 0 Å². The molecule has 2 fully saturated rings. The van der Waals surface area contributed by atoms with Crippen molar-refractivity contribution < 1.29 is 4.74 Å². The summed E-state index contributed by atoms with van der Waals surface area (Å²) in [6.07, 6.45) is 18.5. The molecule has 0 unspecified atom stereocenters. The van der Waals surface area contributed by atoms with E-state index >= 15 is 0 Å². The Labute approximate surface area is 125 Å². The van der Waals surface area contributed by atoms with Crippen molar-refractivity contribution in [2.24, 2.45) is 23.7 Å². The van der Waals surface area contributed by atoms with Crippen molar-refractivity contribution in [1.82, 2.24) is 0 Å². The molecule has 0 amide bonds. The molecule has 1 heteroatoms. The minimum Gasteiger partial charge on any atom is -0.501 e. The highest BCUT2D eigenvalue weighted by molar-refractivity contribution is 4.87. The van der Waals surface area contributed by atoms with E-state index in [0.717, 1.165) is 36.7 Å². The van der Waals surface area contributed by atoms with E-state index in [1.165, 1.54) is 51.4 Å². The molecular formula is C19H32O. The molecule has 0 aromatic heterocycles. The van der Waals surface area contributed by atoms with Gasteiger partial charge in [-0.25, -0.2) is 0 Å². The van der Waals surface area contributed by atoms with Crippen molar-refractivity contribution in [3.63, 3.8) is 0 Å². The first-order chi connectivity index (χ1) is 9.83. The van der Waals surface area contributed by atoms with E-state index < -0.39 is 0 Å². The zero-order chi connectivity index (χ0) is 14.2. The molecule has 0 bridgehead atoms. The first-order valence-electron chi connectivity index (χ1n) is 8.72. The Balaban J connectivity index is 1.64. The van der Waals surface area contributed by atoms with Gasteiger partial charge < -0.3 is 4.74 Å². The van der Waals surface area contributed by atoms with E-state index in [0.29, 0.717) is 0 Å². The molecule has 0 saturated heterocycles. The van der Waals surface area contributed by atoms with Crippen LogP contribution in [0.3, 0.4) is 0 Å². The second-order valence-corrected chi connectivity index (χ2v) is 6.80. The molecule has 2 saturated carbocycles. The van der Waals surface area contributed by atoms with Crippen molar-refractivity contribution in [3.8, 4) is 0 Å². The van der Waals surface area contributed by atoms with Gasteiger partial charge in [0.15, 0.2) is 0 Å². The third-order valence-electron chi connectivity index (χ3n) is 5.47. The zero-order valence-electron chi connectivity index (χ0n) is 13.2. The molecule has 0 aliphatic heterocycles. The summed E-state index contributed by atoms with van der Waals surface area (Å²) in [6.45, 7) is 7.04. The van der Waals surface area contributed by atoms with Gasteiger partial charge in [-0.3, -0.25) is 0 Å². The molecule has 0 atom stereocenters. The van der Waals surface area contributed by atoms with Gasteiger partial charge in [-0.05, 0) is 81.5 Å². The Morgan fingerprint density at radius 2 is 1.55 bits per heavy atom. The van der Waals surface area contributed by atoms with Gasteiger partial charge in [0.25, 0.3) is 0 Å². The lowest BCUT2D eigenvalue weighted by atomic mass is 9.69. The highest BCUT2D eigenvalue weighted by atomic mass is 16.5. The summed E-state index contributed by atoms with van der Waals surface area (Å²) in [5.74, 6) is 3.62. The molecule has 0 N–H and O–H groups in total. The Kier molecular flexibility index (Phi) is 6.69. The molecular weight excluding hydrogens is 244 g/mol. The van der Waals surface area contributed by atoms with Crippen LogP contribution in [0.2, 0.25) is 0 Å². The number of rotatable bonds is 6. The highest BCUT2D eigenvalue weighted by Gasteiger charge is 2.30. The maximum atomic E-state index is 5.63. The van der Waals surface area contributed by atoms with Gasteiger partial charge in [0, 0.05) is 0 Å². The van der Waals surface area contributed by atoms with Gasteiger partial charge in [-0.1, -0.05) is 19.1 Å². The Hall–Kier alpha value is -0.720. The average Bonchev–Trinajstić information content (AvgIpc) is 2.52. The van der Waals surface area contributed by atoms with Crippen LogP contribution in [-0.4, -0.2) is 6.61 Å². The molecule has 0 aromatic rings. The number of hydrogen-bond acceptors (Lipinski definition) is 1. The van der Waals surface area contributed by atoms with Crippen LogP contribution in [0.4, 0.5) is 0 Å². The van der Waals surface area contributed by atoms with Gasteiger partial charge >= 0.3 is 0 Å². The second-order valence-electron chi connectivity index (χ2n) is 6.80. The largest absolute Gasteiger partial charge is 0.501 e. The van der Waals surface area contributed by atoms with Gasteiger partial charge in [0.2, 0.25) is 0 Å². The number of ether oxygens (including phenoxy) is 1. The summed E-state index contributed by atoms with van der Waals surface area (Å²) in [5, 5.41) is 0. The molecule has 2 rings (SSSR count).